The quantitative estimate of drug-likeness (QED) is 0.918. The van der Waals surface area contributed by atoms with Crippen LogP contribution in [-0.4, -0.2) is 55.5 Å². The molecule has 0 spiro atoms. The van der Waals surface area contributed by atoms with Crippen LogP contribution < -0.4 is 5.32 Å². The van der Waals surface area contributed by atoms with Crippen molar-refractivity contribution < 1.29 is 4.79 Å². The molecule has 1 aliphatic rings. The van der Waals surface area contributed by atoms with Gasteiger partial charge in [-0.05, 0) is 31.7 Å². The Morgan fingerprint density at radius 1 is 1.32 bits per heavy atom. The van der Waals surface area contributed by atoms with E-state index < -0.39 is 0 Å². The number of piperazine rings is 1. The van der Waals surface area contributed by atoms with Crippen molar-refractivity contribution >= 4 is 23.2 Å². The van der Waals surface area contributed by atoms with Crippen molar-refractivity contribution in [2.45, 2.75) is 6.92 Å². The number of benzene rings is 1. The fourth-order valence-electron chi connectivity index (χ4n) is 2.14. The van der Waals surface area contributed by atoms with Gasteiger partial charge in [-0.25, -0.2) is 0 Å². The molecule has 1 aromatic carbocycles. The third-order valence-corrected chi connectivity index (χ3v) is 3.96. The summed E-state index contributed by atoms with van der Waals surface area (Å²) in [6.07, 6.45) is 0. The second-order valence-electron chi connectivity index (χ2n) is 4.95. The van der Waals surface area contributed by atoms with Crippen molar-refractivity contribution in [3.63, 3.8) is 0 Å². The molecule has 1 saturated heterocycles. The molecule has 1 N–H and O–H groups in total. The average Bonchev–Trinajstić information content (AvgIpc) is 2.41. The van der Waals surface area contributed by atoms with E-state index in [2.05, 4.69) is 17.3 Å². The van der Waals surface area contributed by atoms with Crippen molar-refractivity contribution in [2.24, 2.45) is 0 Å². The van der Waals surface area contributed by atoms with Gasteiger partial charge in [-0.1, -0.05) is 17.7 Å². The molecule has 0 aliphatic carbocycles. The van der Waals surface area contributed by atoms with Crippen LogP contribution in [0.15, 0.2) is 18.2 Å². The maximum atomic E-state index is 12.1. The molecule has 5 heteroatoms. The van der Waals surface area contributed by atoms with Gasteiger partial charge in [0.2, 0.25) is 5.91 Å². The van der Waals surface area contributed by atoms with Crippen LogP contribution in [0.25, 0.3) is 0 Å². The van der Waals surface area contributed by atoms with Gasteiger partial charge in [0.05, 0.1) is 6.54 Å². The Morgan fingerprint density at radius 3 is 2.68 bits per heavy atom. The smallest absolute Gasteiger partial charge is 0.241 e. The molecule has 0 atom stereocenters. The average molecular weight is 282 g/mol. The third kappa shape index (κ3) is 3.61. The molecule has 1 heterocycles. The van der Waals surface area contributed by atoms with Gasteiger partial charge < -0.3 is 15.1 Å². The number of hydrogen-bond donors (Lipinski definition) is 1. The molecule has 104 valence electrons. The lowest BCUT2D eigenvalue weighted by Crippen LogP contribution is -2.48. The number of anilines is 1. The van der Waals surface area contributed by atoms with E-state index in [1.807, 2.05) is 30.0 Å². The Labute approximate surface area is 119 Å². The largest absolute Gasteiger partial charge is 0.376 e. The molecule has 4 nitrogen and oxygen atoms in total. The van der Waals surface area contributed by atoms with Gasteiger partial charge in [0.25, 0.3) is 0 Å². The van der Waals surface area contributed by atoms with E-state index in [4.69, 9.17) is 11.6 Å². The summed E-state index contributed by atoms with van der Waals surface area (Å²) in [5.41, 5.74) is 1.91. The number of halogens is 1. The molecule has 1 amide bonds. The number of rotatable bonds is 3. The number of hydrogen-bond acceptors (Lipinski definition) is 3. The van der Waals surface area contributed by atoms with Crippen LogP contribution in [0.3, 0.4) is 0 Å². The molecule has 1 aromatic rings. The fourth-order valence-corrected chi connectivity index (χ4v) is 2.31. The summed E-state index contributed by atoms with van der Waals surface area (Å²) in [6.45, 7) is 5.79. The second-order valence-corrected chi connectivity index (χ2v) is 5.36. The number of carbonyl (C=O) groups is 1. The predicted octanol–water partition coefficient (Wildman–Crippen LogP) is 1.83. The summed E-state index contributed by atoms with van der Waals surface area (Å²) in [5.74, 6) is 0.146. The minimum Gasteiger partial charge on any atom is -0.376 e. The zero-order valence-electron chi connectivity index (χ0n) is 11.4. The highest BCUT2D eigenvalue weighted by atomic mass is 35.5. The van der Waals surface area contributed by atoms with E-state index in [0.29, 0.717) is 6.54 Å². The highest BCUT2D eigenvalue weighted by Gasteiger charge is 2.18. The molecule has 0 unspecified atom stereocenters. The Morgan fingerprint density at radius 2 is 2.00 bits per heavy atom. The van der Waals surface area contributed by atoms with Gasteiger partial charge >= 0.3 is 0 Å². The summed E-state index contributed by atoms with van der Waals surface area (Å²) < 4.78 is 0. The first kappa shape index (κ1) is 14.2. The molecular formula is C14H20ClN3O. The second kappa shape index (κ2) is 6.26. The van der Waals surface area contributed by atoms with Gasteiger partial charge in [-0.2, -0.15) is 0 Å². The number of nitrogens with zero attached hydrogens (tertiary/aromatic N) is 2. The van der Waals surface area contributed by atoms with Crippen LogP contribution in [-0.2, 0) is 4.79 Å². The fraction of sp³-hybridized carbons (Fsp3) is 0.500. The van der Waals surface area contributed by atoms with Crippen LogP contribution in [0.5, 0.6) is 0 Å². The summed E-state index contributed by atoms with van der Waals surface area (Å²) in [4.78, 5) is 16.2. The van der Waals surface area contributed by atoms with Crippen LogP contribution in [0.4, 0.5) is 5.69 Å². The lowest BCUT2D eigenvalue weighted by Gasteiger charge is -2.32. The summed E-state index contributed by atoms with van der Waals surface area (Å²) >= 11 is 6.05. The van der Waals surface area contributed by atoms with Gasteiger partial charge in [0.15, 0.2) is 0 Å². The SMILES string of the molecule is Cc1c(Cl)cccc1NCC(=O)N1CCN(C)CC1. The standard InChI is InChI=1S/C14H20ClN3O/c1-11-12(15)4-3-5-13(11)16-10-14(19)18-8-6-17(2)7-9-18/h3-5,16H,6-10H2,1-2H3. The Bertz CT molecular complexity index is 456. The van der Waals surface area contributed by atoms with Gasteiger partial charge in [-0.15, -0.1) is 0 Å². The van der Waals surface area contributed by atoms with Crippen LogP contribution in [0.1, 0.15) is 5.56 Å². The van der Waals surface area contributed by atoms with Crippen LogP contribution >= 0.6 is 11.6 Å². The summed E-state index contributed by atoms with van der Waals surface area (Å²) in [5, 5.41) is 3.89. The van der Waals surface area contributed by atoms with Gasteiger partial charge in [0.1, 0.15) is 0 Å². The van der Waals surface area contributed by atoms with Crippen LogP contribution in [0, 0.1) is 6.92 Å². The zero-order valence-corrected chi connectivity index (χ0v) is 12.2. The Balaban J connectivity index is 1.88. The first-order valence-electron chi connectivity index (χ1n) is 6.53. The van der Waals surface area contributed by atoms with Crippen molar-refractivity contribution in [1.82, 2.24) is 9.80 Å². The van der Waals surface area contributed by atoms with E-state index in [9.17, 15) is 4.79 Å². The molecule has 1 fully saturated rings. The van der Waals surface area contributed by atoms with E-state index in [1.54, 1.807) is 0 Å². The highest BCUT2D eigenvalue weighted by molar-refractivity contribution is 6.31. The first-order valence-corrected chi connectivity index (χ1v) is 6.91. The Kier molecular flexibility index (Phi) is 4.66. The van der Waals surface area contributed by atoms with E-state index in [-0.39, 0.29) is 5.91 Å². The highest BCUT2D eigenvalue weighted by Crippen LogP contribution is 2.22. The molecule has 2 rings (SSSR count). The lowest BCUT2D eigenvalue weighted by molar-refractivity contribution is -0.130. The number of nitrogens with one attached hydrogen (secondary N) is 1. The normalized spacial score (nSPS) is 16.5. The summed E-state index contributed by atoms with van der Waals surface area (Å²) in [6, 6.07) is 5.68. The maximum Gasteiger partial charge on any atom is 0.241 e. The molecule has 0 aromatic heterocycles. The number of likely N-dealkylation sites (N-methyl/N-ethyl adjacent to an activating group) is 1. The lowest BCUT2D eigenvalue weighted by atomic mass is 10.2. The van der Waals surface area contributed by atoms with Gasteiger partial charge in [-0.3, -0.25) is 4.79 Å². The predicted molar refractivity (Wildman–Crippen MR) is 78.8 cm³/mol. The third-order valence-electron chi connectivity index (χ3n) is 3.55. The van der Waals surface area contributed by atoms with Crippen LogP contribution in [0.2, 0.25) is 5.02 Å². The first-order chi connectivity index (χ1) is 9.08. The van der Waals surface area contributed by atoms with Crippen molar-refractivity contribution in [3.05, 3.63) is 28.8 Å². The van der Waals surface area contributed by atoms with Crippen molar-refractivity contribution in [3.8, 4) is 0 Å². The molecule has 0 radical (unpaired) electrons. The summed E-state index contributed by atoms with van der Waals surface area (Å²) in [7, 11) is 2.08. The number of carbonyl (C=O) groups excluding carboxylic acids is 1. The van der Waals surface area contributed by atoms with Crippen molar-refractivity contribution in [2.75, 3.05) is 45.1 Å². The maximum absolute atomic E-state index is 12.1. The molecule has 19 heavy (non-hydrogen) atoms. The minimum absolute atomic E-state index is 0.146. The molecule has 0 bridgehead atoms. The molecule has 1 aliphatic heterocycles. The van der Waals surface area contributed by atoms with E-state index in [0.717, 1.165) is 42.5 Å². The Hall–Kier alpha value is -1.26. The van der Waals surface area contributed by atoms with E-state index >= 15 is 0 Å². The van der Waals surface area contributed by atoms with Crippen molar-refractivity contribution in [1.29, 1.82) is 0 Å². The number of amides is 1. The monoisotopic (exact) mass is 281 g/mol. The van der Waals surface area contributed by atoms with E-state index in [1.165, 1.54) is 0 Å². The molecular weight excluding hydrogens is 262 g/mol. The topological polar surface area (TPSA) is 35.6 Å². The zero-order chi connectivity index (χ0) is 13.8. The molecule has 0 saturated carbocycles. The minimum atomic E-state index is 0.146. The van der Waals surface area contributed by atoms with Gasteiger partial charge in [0, 0.05) is 36.9 Å².